The van der Waals surface area contributed by atoms with Crippen molar-refractivity contribution in [1.29, 1.82) is 0 Å². The minimum atomic E-state index is -1.10. The third-order valence-electron chi connectivity index (χ3n) is 3.96. The van der Waals surface area contributed by atoms with Gasteiger partial charge in [0.25, 0.3) is 5.91 Å². The number of carbonyl (C=O) groups is 2. The molecule has 0 radical (unpaired) electrons. The summed E-state index contributed by atoms with van der Waals surface area (Å²) in [6, 6.07) is 9.50. The second kappa shape index (κ2) is 9.64. The SMILES string of the molecule is CCOc1cc(C(=O)N(C)c2ccccc2C(=O)O)cc(OCC)c1OCC. The highest BCUT2D eigenvalue weighted by atomic mass is 16.5. The van der Waals surface area contributed by atoms with Gasteiger partial charge in [-0.2, -0.15) is 0 Å². The Morgan fingerprint density at radius 2 is 1.46 bits per heavy atom. The van der Waals surface area contributed by atoms with Crippen LogP contribution in [-0.4, -0.2) is 43.9 Å². The molecule has 1 N–H and O–H groups in total. The van der Waals surface area contributed by atoms with Crippen molar-refractivity contribution in [2.24, 2.45) is 0 Å². The lowest BCUT2D eigenvalue weighted by Crippen LogP contribution is -2.28. The number of hydrogen-bond donors (Lipinski definition) is 1. The number of carboxylic acids is 1. The highest BCUT2D eigenvalue weighted by Gasteiger charge is 2.23. The molecule has 28 heavy (non-hydrogen) atoms. The third-order valence-corrected chi connectivity index (χ3v) is 3.96. The average molecular weight is 387 g/mol. The van der Waals surface area contributed by atoms with Crippen LogP contribution in [0.25, 0.3) is 0 Å². The molecule has 150 valence electrons. The molecule has 0 aliphatic heterocycles. The first-order chi connectivity index (χ1) is 13.4. The van der Waals surface area contributed by atoms with Crippen LogP contribution in [0.15, 0.2) is 36.4 Å². The molecule has 2 aromatic rings. The minimum Gasteiger partial charge on any atom is -0.490 e. The number of rotatable bonds is 9. The first-order valence-corrected chi connectivity index (χ1v) is 9.11. The zero-order valence-corrected chi connectivity index (χ0v) is 16.5. The number of nitrogens with zero attached hydrogens (tertiary/aromatic N) is 1. The number of ether oxygens (including phenoxy) is 3. The van der Waals surface area contributed by atoms with Crippen LogP contribution in [0.3, 0.4) is 0 Å². The molecule has 0 fully saturated rings. The summed E-state index contributed by atoms with van der Waals surface area (Å²) in [6.07, 6.45) is 0. The predicted molar refractivity (Wildman–Crippen MR) is 106 cm³/mol. The third kappa shape index (κ3) is 4.54. The molecule has 0 heterocycles. The smallest absolute Gasteiger partial charge is 0.337 e. The Labute approximate surface area is 164 Å². The maximum Gasteiger partial charge on any atom is 0.337 e. The van der Waals surface area contributed by atoms with Gasteiger partial charge in [0.05, 0.1) is 31.1 Å². The normalized spacial score (nSPS) is 10.3. The van der Waals surface area contributed by atoms with Crippen molar-refractivity contribution in [2.75, 3.05) is 31.8 Å². The number of amides is 1. The summed E-state index contributed by atoms with van der Waals surface area (Å²) >= 11 is 0. The van der Waals surface area contributed by atoms with Crippen molar-refractivity contribution in [3.63, 3.8) is 0 Å². The van der Waals surface area contributed by atoms with Gasteiger partial charge in [-0.3, -0.25) is 4.79 Å². The number of benzene rings is 2. The molecule has 0 saturated carbocycles. The lowest BCUT2D eigenvalue weighted by Gasteiger charge is -2.21. The Balaban J connectivity index is 2.51. The van der Waals surface area contributed by atoms with E-state index in [1.165, 1.54) is 18.0 Å². The van der Waals surface area contributed by atoms with Crippen LogP contribution in [-0.2, 0) is 0 Å². The standard InChI is InChI=1S/C21H25NO6/c1-5-26-17-12-14(13-18(27-6-2)19(17)28-7-3)20(23)22(4)16-11-9-8-10-15(16)21(24)25/h8-13H,5-7H2,1-4H3,(H,24,25). The van der Waals surface area contributed by atoms with Crippen LogP contribution in [0.4, 0.5) is 5.69 Å². The van der Waals surface area contributed by atoms with Gasteiger partial charge < -0.3 is 24.2 Å². The summed E-state index contributed by atoms with van der Waals surface area (Å²) in [5.74, 6) is -0.251. The average Bonchev–Trinajstić information content (AvgIpc) is 2.69. The number of carbonyl (C=O) groups excluding carboxylic acids is 1. The molecular formula is C21H25NO6. The van der Waals surface area contributed by atoms with Crippen LogP contribution in [0, 0.1) is 0 Å². The van der Waals surface area contributed by atoms with Crippen LogP contribution in [0.2, 0.25) is 0 Å². The van der Waals surface area contributed by atoms with Gasteiger partial charge in [-0.15, -0.1) is 0 Å². The highest BCUT2D eigenvalue weighted by Crippen LogP contribution is 2.39. The summed E-state index contributed by atoms with van der Waals surface area (Å²) < 4.78 is 16.9. The van der Waals surface area contributed by atoms with E-state index >= 15 is 0 Å². The van der Waals surface area contributed by atoms with E-state index in [0.717, 1.165) is 0 Å². The van der Waals surface area contributed by atoms with Gasteiger partial charge in [0.2, 0.25) is 5.75 Å². The quantitative estimate of drug-likeness (QED) is 0.703. The second-order valence-electron chi connectivity index (χ2n) is 5.79. The van der Waals surface area contributed by atoms with Gasteiger partial charge >= 0.3 is 5.97 Å². The van der Waals surface area contributed by atoms with Gasteiger partial charge in [-0.1, -0.05) is 12.1 Å². The molecular weight excluding hydrogens is 362 g/mol. The number of anilines is 1. The molecule has 0 unspecified atom stereocenters. The Morgan fingerprint density at radius 3 is 1.96 bits per heavy atom. The summed E-state index contributed by atoms with van der Waals surface area (Å²) in [7, 11) is 1.53. The van der Waals surface area contributed by atoms with Crippen molar-refractivity contribution in [2.45, 2.75) is 20.8 Å². The van der Waals surface area contributed by atoms with E-state index in [2.05, 4.69) is 0 Å². The van der Waals surface area contributed by atoms with Gasteiger partial charge in [-0.05, 0) is 45.0 Å². The number of hydrogen-bond acceptors (Lipinski definition) is 5. The fourth-order valence-electron chi connectivity index (χ4n) is 2.76. The zero-order valence-electron chi connectivity index (χ0n) is 16.5. The van der Waals surface area contributed by atoms with Crippen molar-refractivity contribution >= 4 is 17.6 Å². The molecule has 1 amide bonds. The lowest BCUT2D eigenvalue weighted by molar-refractivity contribution is 0.0697. The van der Waals surface area contributed by atoms with Gasteiger partial charge in [0.15, 0.2) is 11.5 Å². The fourth-order valence-corrected chi connectivity index (χ4v) is 2.76. The van der Waals surface area contributed by atoms with Crippen LogP contribution in [0.5, 0.6) is 17.2 Å². The summed E-state index contributed by atoms with van der Waals surface area (Å²) in [4.78, 5) is 25.9. The molecule has 2 aromatic carbocycles. The molecule has 0 aliphatic rings. The first kappa shape index (κ1) is 21.1. The van der Waals surface area contributed by atoms with E-state index in [-0.39, 0.29) is 5.56 Å². The summed E-state index contributed by atoms with van der Waals surface area (Å²) in [6.45, 7) is 6.71. The van der Waals surface area contributed by atoms with Gasteiger partial charge in [-0.25, -0.2) is 4.79 Å². The van der Waals surface area contributed by atoms with E-state index in [1.54, 1.807) is 30.3 Å². The van der Waals surface area contributed by atoms with Crippen molar-refractivity contribution in [3.8, 4) is 17.2 Å². The highest BCUT2D eigenvalue weighted by molar-refractivity contribution is 6.09. The van der Waals surface area contributed by atoms with E-state index < -0.39 is 11.9 Å². The van der Waals surface area contributed by atoms with E-state index in [9.17, 15) is 14.7 Å². The molecule has 2 rings (SSSR count). The lowest BCUT2D eigenvalue weighted by atomic mass is 10.1. The number of para-hydroxylation sites is 1. The Morgan fingerprint density at radius 1 is 0.929 bits per heavy atom. The van der Waals surface area contributed by atoms with Crippen LogP contribution >= 0.6 is 0 Å². The predicted octanol–water partition coefficient (Wildman–Crippen LogP) is 3.86. The summed E-state index contributed by atoms with van der Waals surface area (Å²) in [5, 5.41) is 9.40. The summed E-state index contributed by atoms with van der Waals surface area (Å²) in [5.41, 5.74) is 0.641. The Bertz CT molecular complexity index is 822. The monoisotopic (exact) mass is 387 g/mol. The van der Waals surface area contributed by atoms with Crippen LogP contribution < -0.4 is 19.1 Å². The zero-order chi connectivity index (χ0) is 20.7. The molecule has 0 aliphatic carbocycles. The van der Waals surface area contributed by atoms with Crippen molar-refractivity contribution in [1.82, 2.24) is 0 Å². The Hall–Kier alpha value is -3.22. The van der Waals surface area contributed by atoms with E-state index in [4.69, 9.17) is 14.2 Å². The van der Waals surface area contributed by atoms with Gasteiger partial charge in [0, 0.05) is 12.6 Å². The molecule has 0 saturated heterocycles. The number of aromatic carboxylic acids is 1. The molecule has 0 spiro atoms. The van der Waals surface area contributed by atoms with Crippen LogP contribution in [0.1, 0.15) is 41.5 Å². The van der Waals surface area contributed by atoms with E-state index in [1.807, 2.05) is 20.8 Å². The number of carboxylic acid groups (broad SMARTS) is 1. The van der Waals surface area contributed by atoms with Gasteiger partial charge in [0.1, 0.15) is 0 Å². The molecule has 0 bridgehead atoms. The Kier molecular flexibility index (Phi) is 7.26. The second-order valence-corrected chi connectivity index (χ2v) is 5.79. The topological polar surface area (TPSA) is 85.3 Å². The van der Waals surface area contributed by atoms with Crippen molar-refractivity contribution in [3.05, 3.63) is 47.5 Å². The maximum atomic E-state index is 13.1. The minimum absolute atomic E-state index is 0.0411. The fraction of sp³-hybridized carbons (Fsp3) is 0.333. The largest absolute Gasteiger partial charge is 0.490 e. The first-order valence-electron chi connectivity index (χ1n) is 9.11. The molecule has 7 heteroatoms. The van der Waals surface area contributed by atoms with Crippen molar-refractivity contribution < 1.29 is 28.9 Å². The maximum absolute atomic E-state index is 13.1. The molecule has 0 atom stereocenters. The van der Waals surface area contributed by atoms with E-state index in [0.29, 0.717) is 48.3 Å². The molecule has 0 aromatic heterocycles. The molecule has 7 nitrogen and oxygen atoms in total.